The van der Waals surface area contributed by atoms with Gasteiger partial charge in [0.25, 0.3) is 0 Å². The maximum absolute atomic E-state index is 10.9. The first-order valence-electron chi connectivity index (χ1n) is 31.5. The van der Waals surface area contributed by atoms with Gasteiger partial charge in [-0.05, 0) is 52.2 Å². The van der Waals surface area contributed by atoms with Crippen LogP contribution in [0.4, 0.5) is 0 Å². The topological polar surface area (TPSA) is 148 Å². The van der Waals surface area contributed by atoms with Crippen molar-refractivity contribution in [1.29, 1.82) is 0 Å². The SMILES string of the molecule is CCCCCCCCCCC(CCCCCCCCC)O[P+](=O)[O-].CCCCCCCCCCC(CCCCCCCCC)O[P+](=O)[O-].CCCCCCCCCCC(CCCCCCCCC)O[P+](=O)[O-].[Nd+3]. The summed E-state index contributed by atoms with van der Waals surface area (Å²) >= 11 is 0. The van der Waals surface area contributed by atoms with E-state index in [0.29, 0.717) is 0 Å². The van der Waals surface area contributed by atoms with Gasteiger partial charge in [-0.3, -0.25) is 0 Å². The van der Waals surface area contributed by atoms with E-state index >= 15 is 0 Å². The van der Waals surface area contributed by atoms with E-state index in [1.165, 1.54) is 250 Å². The van der Waals surface area contributed by atoms with Crippen molar-refractivity contribution in [3.05, 3.63) is 0 Å². The molecule has 433 valence electrons. The molecule has 9 nitrogen and oxygen atoms in total. The fourth-order valence-corrected chi connectivity index (χ4v) is 11.0. The molecule has 0 bridgehead atoms. The Morgan fingerprint density at radius 1 is 0.233 bits per heavy atom. The molecule has 0 saturated heterocycles. The molecule has 0 aliphatic heterocycles. The Labute approximate surface area is 491 Å². The molecule has 0 aliphatic carbocycles. The third-order valence-corrected chi connectivity index (χ3v) is 15.6. The smallest absolute Gasteiger partial charge is 0.566 e. The van der Waals surface area contributed by atoms with Gasteiger partial charge in [-0.1, -0.05) is 330 Å². The summed E-state index contributed by atoms with van der Waals surface area (Å²) in [6.07, 6.45) is 62.4. The van der Waals surface area contributed by atoms with E-state index in [1.54, 1.807) is 0 Å². The second-order valence-electron chi connectivity index (χ2n) is 21.4. The molecule has 0 N–H and O–H groups in total. The second-order valence-corrected chi connectivity index (χ2v) is 23.3. The van der Waals surface area contributed by atoms with Gasteiger partial charge in [0, 0.05) is 0 Å². The maximum atomic E-state index is 10.9. The summed E-state index contributed by atoms with van der Waals surface area (Å²) in [4.78, 5) is 32.6. The zero-order valence-electron chi connectivity index (χ0n) is 49.3. The quantitative estimate of drug-likeness (QED) is 0.0429. The predicted molar refractivity (Wildman–Crippen MR) is 307 cm³/mol. The molecule has 0 saturated carbocycles. The summed E-state index contributed by atoms with van der Waals surface area (Å²) in [6, 6.07) is 0. The van der Waals surface area contributed by atoms with Crippen molar-refractivity contribution < 1.29 is 82.8 Å². The zero-order valence-corrected chi connectivity index (χ0v) is 55.2. The first kappa shape index (κ1) is 80.9. The Kier molecular flexibility index (Phi) is 79.1. The van der Waals surface area contributed by atoms with Gasteiger partial charge in [0.05, 0.1) is 0 Å². The summed E-state index contributed by atoms with van der Waals surface area (Å²) < 4.78 is 47.9. The molecule has 0 spiro atoms. The van der Waals surface area contributed by atoms with Crippen LogP contribution in [0, 0.1) is 40.8 Å². The predicted octanol–water partition coefficient (Wildman–Crippen LogP) is 21.2. The average Bonchev–Trinajstić information content (AvgIpc) is 3.35. The Morgan fingerprint density at radius 2 is 0.342 bits per heavy atom. The van der Waals surface area contributed by atoms with Crippen LogP contribution in [-0.2, 0) is 27.3 Å². The molecular weight excluding hydrogens is 1100 g/mol. The average molecular weight is 1230 g/mol. The molecule has 0 heterocycles. The van der Waals surface area contributed by atoms with Gasteiger partial charge in [-0.2, -0.15) is 0 Å². The van der Waals surface area contributed by atoms with Crippen molar-refractivity contribution in [2.75, 3.05) is 0 Å². The van der Waals surface area contributed by atoms with Crippen LogP contribution >= 0.6 is 24.8 Å². The Balaban J connectivity index is -0.000000486. The third-order valence-electron chi connectivity index (χ3n) is 14.2. The van der Waals surface area contributed by atoms with Crippen molar-refractivity contribution in [2.45, 2.75) is 387 Å². The van der Waals surface area contributed by atoms with Crippen molar-refractivity contribution in [1.82, 2.24) is 0 Å². The molecular formula is C60H123NdO9P3+3. The number of unbranched alkanes of at least 4 members (excludes halogenated alkanes) is 39. The first-order chi connectivity index (χ1) is 35.1. The third kappa shape index (κ3) is 75.5. The summed E-state index contributed by atoms with van der Waals surface area (Å²) in [6.45, 7) is 13.4. The maximum Gasteiger partial charge on any atom is 3.00 e. The van der Waals surface area contributed by atoms with E-state index in [2.05, 4.69) is 41.5 Å². The Hall–Kier alpha value is 1.41. The fourth-order valence-electron chi connectivity index (χ4n) is 9.62. The minimum absolute atomic E-state index is 0. The largest absolute Gasteiger partial charge is 3.00 e. The monoisotopic (exact) mass is 1220 g/mol. The van der Waals surface area contributed by atoms with E-state index in [0.717, 1.165) is 77.0 Å². The number of rotatable bonds is 57. The van der Waals surface area contributed by atoms with Crippen molar-refractivity contribution in [3.63, 3.8) is 0 Å². The van der Waals surface area contributed by atoms with Gasteiger partial charge in [-0.25, -0.2) is 0 Å². The van der Waals surface area contributed by atoms with Gasteiger partial charge in [0.2, 0.25) is 0 Å². The van der Waals surface area contributed by atoms with Gasteiger partial charge >= 0.3 is 65.6 Å². The molecule has 6 atom stereocenters. The summed E-state index contributed by atoms with van der Waals surface area (Å²) in [7, 11) is -8.12. The second kappa shape index (κ2) is 71.4. The summed E-state index contributed by atoms with van der Waals surface area (Å²) in [5, 5.41) is 0. The van der Waals surface area contributed by atoms with Crippen molar-refractivity contribution >= 4 is 24.8 Å². The van der Waals surface area contributed by atoms with E-state index < -0.39 is 24.8 Å². The van der Waals surface area contributed by atoms with Crippen LogP contribution in [-0.4, -0.2) is 18.3 Å². The summed E-state index contributed by atoms with van der Waals surface area (Å²) in [5.41, 5.74) is 0. The molecule has 13 heteroatoms. The molecule has 0 aromatic carbocycles. The van der Waals surface area contributed by atoms with Gasteiger partial charge < -0.3 is 14.7 Å². The Morgan fingerprint density at radius 3 is 0.452 bits per heavy atom. The first-order valence-corrected chi connectivity index (χ1v) is 34.8. The van der Waals surface area contributed by atoms with Crippen LogP contribution in [0.3, 0.4) is 0 Å². The van der Waals surface area contributed by atoms with Crippen LogP contribution in [0.25, 0.3) is 0 Å². The molecule has 0 aromatic rings. The van der Waals surface area contributed by atoms with E-state index in [1.807, 2.05) is 0 Å². The fraction of sp³-hybridized carbons (Fsp3) is 1.00. The van der Waals surface area contributed by atoms with E-state index in [9.17, 15) is 28.4 Å². The standard InChI is InChI=1S/3C20H41O3P.Nd/c3*1-3-5-7-9-11-13-15-17-19-20(23-24(21)22)18-16-14-12-10-8-6-4-2;/h3*20H,3-19H2,1-2H3;/q;;;+3. The molecule has 6 unspecified atom stereocenters. The molecule has 1 radical (unpaired) electrons. The molecule has 0 aromatic heterocycles. The van der Waals surface area contributed by atoms with Gasteiger partial charge in [-0.15, -0.1) is 13.6 Å². The van der Waals surface area contributed by atoms with Gasteiger partial charge in [0.15, 0.2) is 0 Å². The van der Waals surface area contributed by atoms with Crippen LogP contribution in [0.2, 0.25) is 0 Å². The van der Waals surface area contributed by atoms with Crippen LogP contribution in [0.5, 0.6) is 0 Å². The van der Waals surface area contributed by atoms with Crippen LogP contribution < -0.4 is 14.7 Å². The summed E-state index contributed by atoms with van der Waals surface area (Å²) in [5.74, 6) is 0. The number of hydrogen-bond acceptors (Lipinski definition) is 9. The van der Waals surface area contributed by atoms with Crippen LogP contribution in [0.15, 0.2) is 0 Å². The molecule has 73 heavy (non-hydrogen) atoms. The Bertz CT molecular complexity index is 951. The van der Waals surface area contributed by atoms with Gasteiger partial charge in [0.1, 0.15) is 18.3 Å². The van der Waals surface area contributed by atoms with Crippen molar-refractivity contribution in [3.8, 4) is 0 Å². The minimum Gasteiger partial charge on any atom is -0.566 e. The van der Waals surface area contributed by atoms with Crippen LogP contribution in [0.1, 0.15) is 369 Å². The number of hydrogen-bond donors (Lipinski definition) is 0. The van der Waals surface area contributed by atoms with Crippen molar-refractivity contribution in [2.24, 2.45) is 0 Å². The van der Waals surface area contributed by atoms with E-state index in [4.69, 9.17) is 13.6 Å². The molecule has 0 aliphatic rings. The van der Waals surface area contributed by atoms with E-state index in [-0.39, 0.29) is 59.2 Å². The normalized spacial score (nSPS) is 13.0. The molecule has 0 rings (SSSR count). The molecule has 0 amide bonds. The minimum atomic E-state index is -2.71. The molecule has 0 fully saturated rings. The zero-order chi connectivity index (χ0) is 53.6.